The second kappa shape index (κ2) is 11.2. The molecule has 4 aliphatic carbocycles. The third-order valence-electron chi connectivity index (χ3n) is 14.8. The second-order valence-corrected chi connectivity index (χ2v) is 20.1. The van der Waals surface area contributed by atoms with Crippen LogP contribution in [-0.4, -0.2) is 49.4 Å². The molecule has 0 amide bonds. The number of ether oxygens (including phenoxy) is 2. The van der Waals surface area contributed by atoms with Crippen LogP contribution in [0.15, 0.2) is 48.6 Å². The van der Waals surface area contributed by atoms with Gasteiger partial charge in [0.2, 0.25) is 0 Å². The minimum Gasteiger partial charge on any atom is -0.457 e. The highest BCUT2D eigenvalue weighted by Crippen LogP contribution is 2.71. The summed E-state index contributed by atoms with van der Waals surface area (Å²) in [6.07, 6.45) is 12.5. The van der Waals surface area contributed by atoms with E-state index in [4.69, 9.17) is 9.47 Å². The Balaban J connectivity index is 1.29. The first-order chi connectivity index (χ1) is 24.5. The van der Waals surface area contributed by atoms with Crippen LogP contribution in [-0.2, 0) is 26.1 Å². The largest absolute Gasteiger partial charge is 0.457 e. The SMILES string of the molecule is C=C(C)[C@H]1C(=O)c2c3c(cc4c5c(n1c24)[C@@]1(C)[C@@H](CC[C@H]2[C@](C)(/C=C/C=C/C(=O)OC(C)(C)C)[C@@H](O)CC[C@@]21C)C5)C1=CC(C)(C)OC(C)(C)[C@H]1[C@@H]3O. The number of hydrogen-bond acceptors (Lipinski definition) is 6. The summed E-state index contributed by atoms with van der Waals surface area (Å²) in [6, 6.07) is 1.77. The van der Waals surface area contributed by atoms with Gasteiger partial charge in [-0.05, 0) is 134 Å². The molecule has 2 aliphatic heterocycles. The van der Waals surface area contributed by atoms with E-state index in [0.29, 0.717) is 17.9 Å². The van der Waals surface area contributed by atoms with Crippen LogP contribution in [0.5, 0.6) is 0 Å². The van der Waals surface area contributed by atoms with E-state index in [1.807, 2.05) is 33.8 Å². The molecule has 2 aromatic rings. The zero-order valence-corrected chi connectivity index (χ0v) is 33.6. The molecule has 0 unspecified atom stereocenters. The Morgan fingerprint density at radius 2 is 1.75 bits per heavy atom. The first kappa shape index (κ1) is 36.7. The minimum atomic E-state index is -0.857. The maximum absolute atomic E-state index is 14.9. The highest BCUT2D eigenvalue weighted by atomic mass is 16.6. The average Bonchev–Trinajstić information content (AvgIpc) is 3.69. The van der Waals surface area contributed by atoms with Gasteiger partial charge < -0.3 is 24.3 Å². The summed E-state index contributed by atoms with van der Waals surface area (Å²) in [5, 5.41) is 25.1. The number of hydrogen-bond donors (Lipinski definition) is 2. The van der Waals surface area contributed by atoms with Crippen molar-refractivity contribution in [1.29, 1.82) is 0 Å². The summed E-state index contributed by atoms with van der Waals surface area (Å²) >= 11 is 0. The number of aromatic nitrogens is 1. The topological polar surface area (TPSA) is 98.0 Å². The summed E-state index contributed by atoms with van der Waals surface area (Å²) in [5.41, 5.74) is 5.14. The number of aliphatic hydroxyl groups is 2. The number of nitrogens with zero attached hydrogens (tertiary/aromatic N) is 1. The van der Waals surface area contributed by atoms with Gasteiger partial charge in [0.25, 0.3) is 0 Å². The van der Waals surface area contributed by atoms with E-state index in [0.717, 1.165) is 58.9 Å². The van der Waals surface area contributed by atoms with Gasteiger partial charge in [0.1, 0.15) is 11.6 Å². The molecule has 1 aromatic carbocycles. The molecule has 2 N–H and O–H groups in total. The van der Waals surface area contributed by atoms with Crippen LogP contribution in [0.4, 0.5) is 0 Å². The standard InChI is InChI=1S/C46H59NO6/c1-24(2)36-39(51)34-33-26(29-23-42(6,7)53-43(8,9)35(29)38(33)50)22-27-28-21-25-16-17-30-44(10,19-14-13-15-32(49)52-41(3,4)5)31(48)18-20-45(30,11)46(25,12)40(28)47(36)37(27)34/h13-15,19,22-23,25,30-31,35-36,38,48,50H,1,16-18,20-21H2,2-12H3/b15-13+,19-14+/t25-,30-,31-,35+,36-,38+,44-,45-,46+/m0/s1. The molecular formula is C46H59NO6. The van der Waals surface area contributed by atoms with Gasteiger partial charge >= 0.3 is 5.97 Å². The van der Waals surface area contributed by atoms with E-state index in [1.54, 1.807) is 6.08 Å². The molecule has 2 saturated carbocycles. The molecule has 9 atom stereocenters. The lowest BCUT2D eigenvalue weighted by Gasteiger charge is -2.64. The first-order valence-electron chi connectivity index (χ1n) is 19.8. The minimum absolute atomic E-state index is 0.0293. The Labute approximate surface area is 315 Å². The zero-order valence-electron chi connectivity index (χ0n) is 33.6. The lowest BCUT2D eigenvalue weighted by Crippen LogP contribution is -2.62. The highest BCUT2D eigenvalue weighted by Gasteiger charge is 2.67. The van der Waals surface area contributed by atoms with Crippen molar-refractivity contribution in [2.45, 2.75) is 149 Å². The van der Waals surface area contributed by atoms with Gasteiger partial charge in [-0.25, -0.2) is 4.79 Å². The van der Waals surface area contributed by atoms with Crippen molar-refractivity contribution in [3.8, 4) is 0 Å². The molecule has 3 heterocycles. The molecule has 7 heteroatoms. The number of ketones is 1. The fourth-order valence-corrected chi connectivity index (χ4v) is 12.8. The van der Waals surface area contributed by atoms with Gasteiger partial charge in [0, 0.05) is 39.5 Å². The van der Waals surface area contributed by atoms with Crippen molar-refractivity contribution in [3.05, 3.63) is 76.5 Å². The van der Waals surface area contributed by atoms with E-state index in [1.165, 1.54) is 17.3 Å². The zero-order chi connectivity index (χ0) is 38.6. The van der Waals surface area contributed by atoms with Crippen molar-refractivity contribution in [1.82, 2.24) is 4.57 Å². The Morgan fingerprint density at radius 1 is 1.06 bits per heavy atom. The van der Waals surface area contributed by atoms with E-state index < -0.39 is 40.5 Å². The summed E-state index contributed by atoms with van der Waals surface area (Å²) in [6.45, 7) is 27.3. The van der Waals surface area contributed by atoms with Crippen LogP contribution in [0, 0.1) is 28.6 Å². The van der Waals surface area contributed by atoms with Crippen LogP contribution in [0.1, 0.15) is 147 Å². The summed E-state index contributed by atoms with van der Waals surface area (Å²) in [7, 11) is 0. The van der Waals surface area contributed by atoms with E-state index >= 15 is 0 Å². The average molecular weight is 722 g/mol. The molecule has 2 fully saturated rings. The molecule has 53 heavy (non-hydrogen) atoms. The molecule has 6 aliphatic rings. The van der Waals surface area contributed by atoms with Crippen LogP contribution in [0.25, 0.3) is 16.5 Å². The van der Waals surface area contributed by atoms with E-state index in [9.17, 15) is 19.8 Å². The summed E-state index contributed by atoms with van der Waals surface area (Å²) in [4.78, 5) is 27.3. The van der Waals surface area contributed by atoms with Crippen molar-refractivity contribution in [2.24, 2.45) is 28.6 Å². The van der Waals surface area contributed by atoms with E-state index in [2.05, 4.69) is 77.8 Å². The van der Waals surface area contributed by atoms with Gasteiger partial charge in [-0.1, -0.05) is 51.2 Å². The predicted molar refractivity (Wildman–Crippen MR) is 209 cm³/mol. The number of aliphatic hydroxyl groups excluding tert-OH is 2. The normalized spacial score (nSPS) is 37.8. The number of Topliss-reactive ketones (excluding diaryl/α,β-unsaturated/α-hetero) is 1. The molecule has 0 saturated heterocycles. The van der Waals surface area contributed by atoms with Crippen molar-refractivity contribution in [2.75, 3.05) is 0 Å². The molecule has 0 spiro atoms. The van der Waals surface area contributed by atoms with E-state index in [-0.39, 0.29) is 34.4 Å². The van der Waals surface area contributed by atoms with Crippen molar-refractivity contribution in [3.63, 3.8) is 0 Å². The quantitative estimate of drug-likeness (QED) is 0.142. The van der Waals surface area contributed by atoms with Gasteiger partial charge in [-0.3, -0.25) is 4.79 Å². The number of allylic oxidation sites excluding steroid dienone is 3. The smallest absolute Gasteiger partial charge is 0.331 e. The van der Waals surface area contributed by atoms with Crippen LogP contribution >= 0.6 is 0 Å². The predicted octanol–water partition coefficient (Wildman–Crippen LogP) is 9.05. The van der Waals surface area contributed by atoms with Gasteiger partial charge in [-0.15, -0.1) is 0 Å². The lowest BCUT2D eigenvalue weighted by molar-refractivity contribution is -0.148. The molecule has 0 radical (unpaired) electrons. The van der Waals surface area contributed by atoms with Gasteiger partial charge in [0.05, 0.1) is 34.5 Å². The highest BCUT2D eigenvalue weighted by molar-refractivity contribution is 6.18. The molecule has 1 aromatic heterocycles. The fraction of sp³-hybridized carbons (Fsp3) is 0.609. The number of esters is 1. The maximum atomic E-state index is 14.9. The van der Waals surface area contributed by atoms with Crippen molar-refractivity contribution < 1.29 is 29.3 Å². The monoisotopic (exact) mass is 721 g/mol. The fourth-order valence-electron chi connectivity index (χ4n) is 12.8. The Hall–Kier alpha value is -3.26. The molecule has 0 bridgehead atoms. The van der Waals surface area contributed by atoms with Gasteiger partial charge in [0.15, 0.2) is 5.78 Å². The number of rotatable bonds is 4. The van der Waals surface area contributed by atoms with Crippen LogP contribution < -0.4 is 0 Å². The first-order valence-corrected chi connectivity index (χ1v) is 19.8. The lowest BCUT2D eigenvalue weighted by atomic mass is 9.40. The number of carbonyl (C=O) groups is 2. The molecule has 7 nitrogen and oxygen atoms in total. The molecular weight excluding hydrogens is 663 g/mol. The maximum Gasteiger partial charge on any atom is 0.331 e. The van der Waals surface area contributed by atoms with Gasteiger partial charge in [-0.2, -0.15) is 0 Å². The Morgan fingerprint density at radius 3 is 2.42 bits per heavy atom. The Bertz CT molecular complexity index is 2090. The third-order valence-corrected chi connectivity index (χ3v) is 14.8. The molecule has 8 rings (SSSR count). The number of benzene rings is 1. The molecule has 284 valence electrons. The number of fused-ring (bicyclic) bond motifs is 11. The second-order valence-electron chi connectivity index (χ2n) is 20.1. The summed E-state index contributed by atoms with van der Waals surface area (Å²) < 4.78 is 14.4. The number of carbonyl (C=O) groups excluding carboxylic acids is 2. The summed E-state index contributed by atoms with van der Waals surface area (Å²) in [5.74, 6) is -0.0886. The third kappa shape index (κ3) is 4.81. The van der Waals surface area contributed by atoms with Crippen LogP contribution in [0.3, 0.4) is 0 Å². The van der Waals surface area contributed by atoms with Crippen molar-refractivity contribution >= 4 is 28.2 Å². The Kier molecular flexibility index (Phi) is 7.73. The van der Waals surface area contributed by atoms with Crippen LogP contribution in [0.2, 0.25) is 0 Å².